The average molecular weight is 262 g/mol. The highest BCUT2D eigenvalue weighted by atomic mass is 16.5. The molecule has 0 bridgehead atoms. The first-order valence-corrected chi connectivity index (χ1v) is 5.83. The molecule has 0 fully saturated rings. The van der Waals surface area contributed by atoms with Crippen LogP contribution in [0.4, 0.5) is 0 Å². The number of ketones is 1. The summed E-state index contributed by atoms with van der Waals surface area (Å²) in [5, 5.41) is 18.2. The summed E-state index contributed by atoms with van der Waals surface area (Å²) in [6.07, 6.45) is 4.53. The van der Waals surface area contributed by atoms with E-state index in [1.165, 1.54) is 13.4 Å². The van der Waals surface area contributed by atoms with Gasteiger partial charge >= 0.3 is 0 Å². The zero-order valence-electron chi connectivity index (χ0n) is 10.8. The predicted octanol–water partition coefficient (Wildman–Crippen LogP) is 2.77. The van der Waals surface area contributed by atoms with E-state index in [9.17, 15) is 4.79 Å². The molecule has 1 aliphatic rings. The van der Waals surface area contributed by atoms with Crippen molar-refractivity contribution in [3.63, 3.8) is 0 Å². The van der Waals surface area contributed by atoms with E-state index in [1.54, 1.807) is 36.4 Å². The van der Waals surface area contributed by atoms with Crippen molar-refractivity contribution in [2.45, 2.75) is 0 Å². The lowest BCUT2D eigenvalue weighted by Gasteiger charge is -2.00. The molecule has 0 saturated carbocycles. The van der Waals surface area contributed by atoms with Crippen molar-refractivity contribution in [2.75, 3.05) is 7.11 Å². The van der Waals surface area contributed by atoms with E-state index in [1.807, 2.05) is 12.1 Å². The van der Waals surface area contributed by atoms with Crippen LogP contribution in [0.1, 0.15) is 15.9 Å². The van der Waals surface area contributed by atoms with Gasteiger partial charge in [0.25, 0.3) is 0 Å². The third-order valence-corrected chi connectivity index (χ3v) is 2.91. The molecule has 0 aromatic heterocycles. The number of benzene rings is 1. The molecule has 0 spiro atoms. The Bertz CT molecular complexity index is 724. The standard InChI is InChI=1S/C16H10N2O2/c1-20-8-4-7-14-15(11(9-17)10-18)12-5-2-3-6-13(12)16(14)19/h2-8H,1H3. The van der Waals surface area contributed by atoms with Gasteiger partial charge < -0.3 is 4.74 Å². The number of carbonyl (C=O) groups excluding carboxylic acids is 1. The van der Waals surface area contributed by atoms with Crippen molar-refractivity contribution in [3.05, 3.63) is 65.0 Å². The van der Waals surface area contributed by atoms with Crippen LogP contribution >= 0.6 is 0 Å². The number of allylic oxidation sites excluding steroid dienone is 5. The molecule has 0 amide bonds. The van der Waals surface area contributed by atoms with Gasteiger partial charge in [0.15, 0.2) is 5.78 Å². The second-order valence-electron chi connectivity index (χ2n) is 3.99. The maximum absolute atomic E-state index is 12.3. The lowest BCUT2D eigenvalue weighted by molar-refractivity contribution is 0.104. The Morgan fingerprint density at radius 2 is 1.85 bits per heavy atom. The van der Waals surface area contributed by atoms with Gasteiger partial charge in [0.2, 0.25) is 0 Å². The fourth-order valence-corrected chi connectivity index (χ4v) is 2.08. The molecule has 1 aromatic carbocycles. The third kappa shape index (κ3) is 2.11. The molecular formula is C16H10N2O2. The fraction of sp³-hybridized carbons (Fsp3) is 0.0625. The number of ether oxygens (including phenoxy) is 1. The quantitative estimate of drug-likeness (QED) is 0.466. The molecule has 96 valence electrons. The van der Waals surface area contributed by atoms with Crippen LogP contribution in [-0.4, -0.2) is 12.9 Å². The summed E-state index contributed by atoms with van der Waals surface area (Å²) in [7, 11) is 1.49. The van der Waals surface area contributed by atoms with Crippen molar-refractivity contribution in [2.24, 2.45) is 0 Å². The Morgan fingerprint density at radius 1 is 1.20 bits per heavy atom. The molecular weight excluding hydrogens is 252 g/mol. The van der Waals surface area contributed by atoms with Gasteiger partial charge in [-0.2, -0.15) is 10.5 Å². The number of hydrogen-bond donors (Lipinski definition) is 0. The van der Waals surface area contributed by atoms with E-state index >= 15 is 0 Å². The number of fused-ring (bicyclic) bond motifs is 1. The monoisotopic (exact) mass is 262 g/mol. The van der Waals surface area contributed by atoms with Gasteiger partial charge in [0, 0.05) is 16.7 Å². The Balaban J connectivity index is 2.72. The number of nitrogens with zero attached hydrogens (tertiary/aromatic N) is 2. The molecule has 1 aliphatic carbocycles. The zero-order chi connectivity index (χ0) is 14.5. The summed E-state index contributed by atoms with van der Waals surface area (Å²) in [5.74, 6) is -0.195. The second-order valence-corrected chi connectivity index (χ2v) is 3.99. The minimum absolute atomic E-state index is 0.0691. The maximum Gasteiger partial charge on any atom is 0.194 e. The van der Waals surface area contributed by atoms with Crippen molar-refractivity contribution in [1.82, 2.24) is 0 Å². The third-order valence-electron chi connectivity index (χ3n) is 2.91. The first-order valence-electron chi connectivity index (χ1n) is 5.83. The number of methoxy groups -OCH3 is 1. The highest BCUT2D eigenvalue weighted by Crippen LogP contribution is 2.38. The molecule has 4 nitrogen and oxygen atoms in total. The smallest absolute Gasteiger partial charge is 0.194 e. The van der Waals surface area contributed by atoms with Crippen LogP contribution in [0, 0.1) is 22.7 Å². The molecule has 20 heavy (non-hydrogen) atoms. The predicted molar refractivity (Wildman–Crippen MR) is 73.2 cm³/mol. The number of carbonyl (C=O) groups is 1. The van der Waals surface area contributed by atoms with Gasteiger partial charge in [-0.3, -0.25) is 4.79 Å². The van der Waals surface area contributed by atoms with Crippen LogP contribution in [0.3, 0.4) is 0 Å². The van der Waals surface area contributed by atoms with Crippen molar-refractivity contribution in [3.8, 4) is 12.1 Å². The van der Waals surface area contributed by atoms with Crippen LogP contribution in [0.15, 0.2) is 53.8 Å². The van der Waals surface area contributed by atoms with Gasteiger partial charge in [0.1, 0.15) is 17.7 Å². The summed E-state index contributed by atoms with van der Waals surface area (Å²) in [6, 6.07) is 10.6. The molecule has 2 rings (SSSR count). The molecule has 4 heteroatoms. The van der Waals surface area contributed by atoms with Gasteiger partial charge in [-0.15, -0.1) is 0 Å². The van der Waals surface area contributed by atoms with E-state index in [0.29, 0.717) is 22.3 Å². The summed E-state index contributed by atoms with van der Waals surface area (Å²) in [5.41, 5.74) is 1.77. The normalized spacial score (nSPS) is 15.1. The van der Waals surface area contributed by atoms with Gasteiger partial charge in [-0.25, -0.2) is 0 Å². The van der Waals surface area contributed by atoms with Gasteiger partial charge in [0.05, 0.1) is 13.4 Å². The molecule has 0 heterocycles. The highest BCUT2D eigenvalue weighted by Gasteiger charge is 2.31. The first kappa shape index (κ1) is 13.3. The van der Waals surface area contributed by atoms with Gasteiger partial charge in [-0.05, 0) is 17.7 Å². The largest absolute Gasteiger partial charge is 0.504 e. The Hall–Kier alpha value is -3.11. The molecule has 0 unspecified atom stereocenters. The minimum atomic E-state index is -0.195. The van der Waals surface area contributed by atoms with Crippen molar-refractivity contribution < 1.29 is 9.53 Å². The summed E-state index contributed by atoms with van der Waals surface area (Å²) >= 11 is 0. The lowest BCUT2D eigenvalue weighted by atomic mass is 9.99. The van der Waals surface area contributed by atoms with Crippen LogP contribution < -0.4 is 0 Å². The van der Waals surface area contributed by atoms with Crippen LogP contribution in [-0.2, 0) is 4.74 Å². The average Bonchev–Trinajstić information content (AvgIpc) is 2.75. The number of nitriles is 2. The minimum Gasteiger partial charge on any atom is -0.504 e. The van der Waals surface area contributed by atoms with Crippen molar-refractivity contribution >= 4 is 11.4 Å². The van der Waals surface area contributed by atoms with E-state index in [2.05, 4.69) is 0 Å². The zero-order valence-corrected chi connectivity index (χ0v) is 10.8. The number of Topliss-reactive ketones (excluding diaryl/α,β-unsaturated/α-hetero) is 1. The molecule has 0 atom stereocenters. The summed E-state index contributed by atoms with van der Waals surface area (Å²) in [4.78, 5) is 12.3. The van der Waals surface area contributed by atoms with Crippen LogP contribution in [0.2, 0.25) is 0 Å². The maximum atomic E-state index is 12.3. The highest BCUT2D eigenvalue weighted by molar-refractivity contribution is 6.27. The molecule has 0 saturated heterocycles. The first-order chi connectivity index (χ1) is 9.74. The molecule has 0 N–H and O–H groups in total. The number of hydrogen-bond acceptors (Lipinski definition) is 4. The topological polar surface area (TPSA) is 73.9 Å². The van der Waals surface area contributed by atoms with E-state index in [-0.39, 0.29) is 11.4 Å². The molecule has 0 radical (unpaired) electrons. The van der Waals surface area contributed by atoms with Crippen molar-refractivity contribution in [1.29, 1.82) is 10.5 Å². The molecule has 0 aliphatic heterocycles. The Kier molecular flexibility index (Phi) is 3.79. The van der Waals surface area contributed by atoms with Crippen LogP contribution in [0.5, 0.6) is 0 Å². The van der Waals surface area contributed by atoms with E-state index < -0.39 is 0 Å². The number of rotatable bonds is 2. The second kappa shape index (κ2) is 5.69. The van der Waals surface area contributed by atoms with Gasteiger partial charge in [-0.1, -0.05) is 24.3 Å². The Labute approximate surface area is 116 Å². The summed E-state index contributed by atoms with van der Waals surface area (Å²) < 4.78 is 4.78. The Morgan fingerprint density at radius 3 is 2.45 bits per heavy atom. The van der Waals surface area contributed by atoms with Crippen LogP contribution in [0.25, 0.3) is 5.57 Å². The van der Waals surface area contributed by atoms with E-state index in [4.69, 9.17) is 15.3 Å². The lowest BCUT2D eigenvalue weighted by Crippen LogP contribution is -1.95. The van der Waals surface area contributed by atoms with E-state index in [0.717, 1.165) is 0 Å². The fourth-order valence-electron chi connectivity index (χ4n) is 2.08. The summed E-state index contributed by atoms with van der Waals surface area (Å²) in [6.45, 7) is 0. The SMILES string of the molecule is COC=CC=C1C(=O)c2ccccc2C1=C(C#N)C#N. The molecule has 1 aromatic rings.